The van der Waals surface area contributed by atoms with Crippen molar-refractivity contribution >= 4 is 35.5 Å². The van der Waals surface area contributed by atoms with E-state index in [2.05, 4.69) is 36.1 Å². The maximum absolute atomic E-state index is 14.3. The average molecular weight is 589 g/mol. The van der Waals surface area contributed by atoms with E-state index in [1.807, 2.05) is 0 Å². The predicted molar refractivity (Wildman–Crippen MR) is 147 cm³/mol. The number of hydrogen-bond donors (Lipinski definition) is 5. The van der Waals surface area contributed by atoms with Gasteiger partial charge in [0, 0.05) is 16.6 Å². The third kappa shape index (κ3) is 8.73. The molecule has 0 aliphatic carbocycles. The van der Waals surface area contributed by atoms with Crippen LogP contribution in [0, 0.1) is 11.7 Å². The van der Waals surface area contributed by atoms with Gasteiger partial charge in [-0.05, 0) is 48.1 Å². The van der Waals surface area contributed by atoms with Crippen LogP contribution in [0.1, 0.15) is 36.3 Å². The second-order valence-corrected chi connectivity index (χ2v) is 9.98. The van der Waals surface area contributed by atoms with Gasteiger partial charge in [0.15, 0.2) is 5.69 Å². The third-order valence-electron chi connectivity index (χ3n) is 6.20. The molecule has 5 N–H and O–H groups in total. The Balaban J connectivity index is 1.82. The zero-order chi connectivity index (χ0) is 30.1. The lowest BCUT2D eigenvalue weighted by Gasteiger charge is -2.26. The number of carboxylic acid groups (broad SMARTS) is 1. The van der Waals surface area contributed by atoms with Crippen LogP contribution in [-0.4, -0.2) is 69.6 Å². The van der Waals surface area contributed by atoms with Crippen LogP contribution in [0.4, 0.5) is 9.18 Å². The molecule has 2 aromatic carbocycles. The van der Waals surface area contributed by atoms with Crippen molar-refractivity contribution in [2.24, 2.45) is 5.92 Å². The van der Waals surface area contributed by atoms with E-state index in [0.717, 1.165) is 7.11 Å². The number of carboxylic acids is 1. The summed E-state index contributed by atoms with van der Waals surface area (Å²) in [6.07, 6.45) is 0.321. The number of nitrogens with zero attached hydrogens (tertiary/aromatic N) is 2. The lowest BCUT2D eigenvalue weighted by Crippen LogP contribution is -2.55. The van der Waals surface area contributed by atoms with Gasteiger partial charge in [0.2, 0.25) is 5.91 Å². The summed E-state index contributed by atoms with van der Waals surface area (Å²) in [5.74, 6) is -3.50. The van der Waals surface area contributed by atoms with Gasteiger partial charge in [-0.1, -0.05) is 49.7 Å². The fourth-order valence-electron chi connectivity index (χ4n) is 4.08. The number of aromatic amines is 1. The van der Waals surface area contributed by atoms with Crippen LogP contribution >= 0.6 is 11.6 Å². The number of rotatable bonds is 12. The zero-order valence-electron chi connectivity index (χ0n) is 22.5. The SMILES string of the molecule is COC(=O)NC(C(=O)N[C@H](C[C@@H](Cc1ccc(-c2cc(Cl)ccc2F)cc1)NC(=O)c1cn[nH]n1)C(=O)O)C(C)C. The normalized spacial score (nSPS) is 13.1. The minimum absolute atomic E-state index is 0.0140. The number of alkyl carbamates (subject to hydrolysis) is 1. The summed E-state index contributed by atoms with van der Waals surface area (Å²) in [5, 5.41) is 27.5. The first-order valence-corrected chi connectivity index (χ1v) is 12.9. The molecule has 0 aliphatic heterocycles. The number of benzene rings is 2. The molecule has 3 aromatic rings. The summed E-state index contributed by atoms with van der Waals surface area (Å²) in [5.41, 5.74) is 1.57. The maximum atomic E-state index is 14.3. The molecule has 0 spiro atoms. The summed E-state index contributed by atoms with van der Waals surface area (Å²) in [6, 6.07) is 7.74. The summed E-state index contributed by atoms with van der Waals surface area (Å²) in [4.78, 5) is 49.5. The smallest absolute Gasteiger partial charge is 0.407 e. The van der Waals surface area contributed by atoms with Crippen molar-refractivity contribution in [2.75, 3.05) is 7.11 Å². The first kappa shape index (κ1) is 31.0. The fourth-order valence-corrected chi connectivity index (χ4v) is 4.25. The number of methoxy groups -OCH3 is 1. The van der Waals surface area contributed by atoms with Crippen LogP contribution in [0.3, 0.4) is 0 Å². The Hall–Kier alpha value is -4.52. The van der Waals surface area contributed by atoms with Crippen LogP contribution in [-0.2, 0) is 20.7 Å². The van der Waals surface area contributed by atoms with Crippen molar-refractivity contribution < 1.29 is 33.4 Å². The summed E-state index contributed by atoms with van der Waals surface area (Å²) >= 11 is 6.01. The molecule has 1 aromatic heterocycles. The Bertz CT molecular complexity index is 1370. The fraction of sp³-hybridized carbons (Fsp3) is 0.333. The van der Waals surface area contributed by atoms with Gasteiger partial charge in [-0.2, -0.15) is 15.4 Å². The molecule has 3 amide bonds. The zero-order valence-corrected chi connectivity index (χ0v) is 23.2. The van der Waals surface area contributed by atoms with Crippen molar-refractivity contribution in [1.82, 2.24) is 31.4 Å². The molecule has 0 aliphatic rings. The Morgan fingerprint density at radius 3 is 2.37 bits per heavy atom. The maximum Gasteiger partial charge on any atom is 0.407 e. The summed E-state index contributed by atoms with van der Waals surface area (Å²) in [6.45, 7) is 3.35. The number of ether oxygens (including phenoxy) is 1. The van der Waals surface area contributed by atoms with Gasteiger partial charge in [-0.25, -0.2) is 14.0 Å². The van der Waals surface area contributed by atoms with E-state index in [-0.39, 0.29) is 24.5 Å². The highest BCUT2D eigenvalue weighted by Gasteiger charge is 2.31. The molecule has 0 bridgehead atoms. The molecule has 0 saturated heterocycles. The Kier molecular flexibility index (Phi) is 10.8. The largest absolute Gasteiger partial charge is 0.480 e. The van der Waals surface area contributed by atoms with Crippen molar-refractivity contribution in [1.29, 1.82) is 0 Å². The van der Waals surface area contributed by atoms with Gasteiger partial charge in [-0.3, -0.25) is 9.59 Å². The second-order valence-electron chi connectivity index (χ2n) is 9.54. The van der Waals surface area contributed by atoms with E-state index in [0.29, 0.717) is 21.7 Å². The van der Waals surface area contributed by atoms with Crippen molar-refractivity contribution in [3.05, 3.63) is 70.8 Å². The Morgan fingerprint density at radius 1 is 1.07 bits per heavy atom. The molecule has 14 heteroatoms. The number of amides is 3. The minimum Gasteiger partial charge on any atom is -0.480 e. The molecule has 218 valence electrons. The molecule has 0 radical (unpaired) electrons. The van der Waals surface area contributed by atoms with Crippen molar-refractivity contribution in [2.45, 2.75) is 44.8 Å². The van der Waals surface area contributed by atoms with Gasteiger partial charge in [0.1, 0.15) is 17.9 Å². The van der Waals surface area contributed by atoms with Crippen LogP contribution < -0.4 is 16.0 Å². The van der Waals surface area contributed by atoms with Gasteiger partial charge in [0.05, 0.1) is 13.3 Å². The van der Waals surface area contributed by atoms with Crippen LogP contribution in [0.2, 0.25) is 5.02 Å². The van der Waals surface area contributed by atoms with Crippen LogP contribution in [0.25, 0.3) is 11.1 Å². The quantitative estimate of drug-likeness (QED) is 0.214. The number of carbonyl (C=O) groups is 4. The number of H-pyrrole nitrogens is 1. The third-order valence-corrected chi connectivity index (χ3v) is 6.44. The van der Waals surface area contributed by atoms with Crippen LogP contribution in [0.5, 0.6) is 0 Å². The summed E-state index contributed by atoms with van der Waals surface area (Å²) < 4.78 is 18.9. The van der Waals surface area contributed by atoms with E-state index in [1.54, 1.807) is 38.1 Å². The van der Waals surface area contributed by atoms with Crippen LogP contribution in [0.15, 0.2) is 48.7 Å². The van der Waals surface area contributed by atoms with E-state index >= 15 is 0 Å². The molecule has 0 saturated carbocycles. The molecule has 1 unspecified atom stereocenters. The van der Waals surface area contributed by atoms with Gasteiger partial charge < -0.3 is 25.8 Å². The standard InChI is InChI=1S/C27H30ClFN6O6/c1-14(2)23(33-27(40)41-3)25(37)32-21(26(38)39)12-18(31-24(36)22-13-30-35-34-22)10-15-4-6-16(7-5-15)19-11-17(28)8-9-20(19)29/h4-9,11,13-14,18,21,23H,10,12H2,1-3H3,(H,31,36)(H,32,37)(H,33,40)(H,38,39)(H,30,34,35)/t18-,21-,23?/m1/s1. The lowest BCUT2D eigenvalue weighted by molar-refractivity contribution is -0.142. The molecule has 3 rings (SSSR count). The first-order chi connectivity index (χ1) is 19.5. The molecule has 3 atom stereocenters. The van der Waals surface area contributed by atoms with E-state index in [9.17, 15) is 28.7 Å². The molecule has 41 heavy (non-hydrogen) atoms. The monoisotopic (exact) mass is 588 g/mol. The molecular formula is C27H30ClFN6O6. The van der Waals surface area contributed by atoms with Gasteiger partial charge >= 0.3 is 12.1 Å². The lowest BCUT2D eigenvalue weighted by atomic mass is 9.96. The number of aliphatic carboxylic acids is 1. The molecular weight excluding hydrogens is 559 g/mol. The summed E-state index contributed by atoms with van der Waals surface area (Å²) in [7, 11) is 1.14. The number of aromatic nitrogens is 3. The predicted octanol–water partition coefficient (Wildman–Crippen LogP) is 2.95. The minimum atomic E-state index is -1.43. The number of nitrogens with one attached hydrogen (secondary N) is 4. The Labute approximate surface area is 240 Å². The molecule has 0 fully saturated rings. The molecule has 12 nitrogen and oxygen atoms in total. The van der Waals surface area contributed by atoms with E-state index < -0.39 is 47.8 Å². The van der Waals surface area contributed by atoms with Crippen molar-refractivity contribution in [3.8, 4) is 11.1 Å². The highest BCUT2D eigenvalue weighted by molar-refractivity contribution is 6.30. The topological polar surface area (TPSA) is 175 Å². The highest BCUT2D eigenvalue weighted by atomic mass is 35.5. The second kappa shape index (κ2) is 14.2. The Morgan fingerprint density at radius 2 is 1.78 bits per heavy atom. The average Bonchev–Trinajstić information content (AvgIpc) is 3.48. The first-order valence-electron chi connectivity index (χ1n) is 12.6. The van der Waals surface area contributed by atoms with Crippen molar-refractivity contribution in [3.63, 3.8) is 0 Å². The van der Waals surface area contributed by atoms with Gasteiger partial charge in [0.25, 0.3) is 5.91 Å². The van der Waals surface area contributed by atoms with E-state index in [4.69, 9.17) is 11.6 Å². The highest BCUT2D eigenvalue weighted by Crippen LogP contribution is 2.26. The molecule has 1 heterocycles. The number of carbonyl (C=O) groups excluding carboxylic acids is 3. The van der Waals surface area contributed by atoms with E-state index in [1.165, 1.54) is 24.4 Å². The number of halogens is 2. The number of hydrogen-bond acceptors (Lipinski definition) is 7. The van der Waals surface area contributed by atoms with Gasteiger partial charge in [-0.15, -0.1) is 0 Å².